The molecule has 0 spiro atoms. The Morgan fingerprint density at radius 3 is 3.09 bits per heavy atom. The molecule has 11 heavy (non-hydrogen) atoms. The van der Waals surface area contributed by atoms with E-state index in [4.69, 9.17) is 5.73 Å². The summed E-state index contributed by atoms with van der Waals surface area (Å²) in [5.41, 5.74) is 8.24. The van der Waals surface area contributed by atoms with Crippen LogP contribution in [0.3, 0.4) is 0 Å². The lowest BCUT2D eigenvalue weighted by Gasteiger charge is -2.31. The number of carbonyl (C=O) groups is 1. The molecule has 1 heterocycles. The van der Waals surface area contributed by atoms with Gasteiger partial charge in [0.15, 0.2) is 0 Å². The summed E-state index contributed by atoms with van der Waals surface area (Å²) in [5, 5.41) is 1.91. The van der Waals surface area contributed by atoms with Crippen molar-refractivity contribution in [3.63, 3.8) is 0 Å². The predicted molar refractivity (Wildman–Crippen MR) is 42.6 cm³/mol. The molecular formula is C7H15N3O. The molecule has 4 nitrogen and oxygen atoms in total. The van der Waals surface area contributed by atoms with E-state index in [2.05, 4.69) is 5.43 Å². The third-order valence-corrected chi connectivity index (χ3v) is 1.94. The lowest BCUT2D eigenvalue weighted by atomic mass is 10.2. The van der Waals surface area contributed by atoms with Gasteiger partial charge in [0.05, 0.1) is 0 Å². The molecule has 1 aliphatic rings. The quantitative estimate of drug-likeness (QED) is 0.566. The molecule has 1 atom stereocenters. The van der Waals surface area contributed by atoms with E-state index in [-0.39, 0.29) is 11.9 Å². The van der Waals surface area contributed by atoms with Gasteiger partial charge in [-0.15, -0.1) is 0 Å². The van der Waals surface area contributed by atoms with Crippen LogP contribution >= 0.6 is 0 Å². The van der Waals surface area contributed by atoms with E-state index in [9.17, 15) is 4.79 Å². The van der Waals surface area contributed by atoms with E-state index >= 15 is 0 Å². The van der Waals surface area contributed by atoms with Crippen molar-refractivity contribution >= 4 is 5.91 Å². The van der Waals surface area contributed by atoms with Crippen molar-refractivity contribution in [3.05, 3.63) is 0 Å². The van der Waals surface area contributed by atoms with Gasteiger partial charge in [-0.25, -0.2) is 5.01 Å². The smallest absolute Gasteiger partial charge is 0.234 e. The number of hydrogen-bond donors (Lipinski definition) is 2. The van der Waals surface area contributed by atoms with Gasteiger partial charge in [0.25, 0.3) is 0 Å². The Kier molecular flexibility index (Phi) is 2.84. The highest BCUT2D eigenvalue weighted by atomic mass is 16.2. The number of hydrogen-bond acceptors (Lipinski definition) is 3. The van der Waals surface area contributed by atoms with Crippen molar-refractivity contribution in [1.29, 1.82) is 0 Å². The van der Waals surface area contributed by atoms with Crippen LogP contribution in [-0.4, -0.2) is 30.0 Å². The summed E-state index contributed by atoms with van der Waals surface area (Å²) in [4.78, 5) is 10.9. The molecule has 0 aromatic rings. The Morgan fingerprint density at radius 2 is 2.55 bits per heavy atom. The van der Waals surface area contributed by atoms with Crippen LogP contribution in [-0.2, 0) is 4.79 Å². The average molecular weight is 157 g/mol. The average Bonchev–Trinajstić information content (AvgIpc) is 2.03. The molecule has 1 unspecified atom stereocenters. The molecule has 0 radical (unpaired) electrons. The first-order valence-electron chi connectivity index (χ1n) is 4.00. The first-order chi connectivity index (χ1) is 5.24. The van der Waals surface area contributed by atoms with Crippen molar-refractivity contribution in [2.75, 3.05) is 13.1 Å². The van der Waals surface area contributed by atoms with E-state index in [0.29, 0.717) is 13.0 Å². The lowest BCUT2D eigenvalue weighted by molar-refractivity contribution is -0.129. The van der Waals surface area contributed by atoms with E-state index < -0.39 is 0 Å². The Balaban J connectivity index is 2.39. The maximum absolute atomic E-state index is 10.9. The molecule has 64 valence electrons. The second kappa shape index (κ2) is 3.69. The van der Waals surface area contributed by atoms with Crippen molar-refractivity contribution in [1.82, 2.24) is 10.4 Å². The van der Waals surface area contributed by atoms with Crippen LogP contribution in [0.15, 0.2) is 0 Å². The molecule has 0 aliphatic carbocycles. The topological polar surface area (TPSA) is 58.4 Å². The summed E-state index contributed by atoms with van der Waals surface area (Å²) in [5.74, 6) is 0.108. The van der Waals surface area contributed by atoms with Crippen LogP contribution in [0.4, 0.5) is 0 Å². The zero-order valence-electron chi connectivity index (χ0n) is 6.84. The third-order valence-electron chi connectivity index (χ3n) is 1.94. The highest BCUT2D eigenvalue weighted by Gasteiger charge is 2.18. The van der Waals surface area contributed by atoms with E-state index in [1.54, 1.807) is 0 Å². The summed E-state index contributed by atoms with van der Waals surface area (Å²) < 4.78 is 0. The van der Waals surface area contributed by atoms with E-state index in [1.165, 1.54) is 0 Å². The maximum atomic E-state index is 10.9. The minimum absolute atomic E-state index is 0.108. The zero-order chi connectivity index (χ0) is 8.27. The maximum Gasteiger partial charge on any atom is 0.234 e. The van der Waals surface area contributed by atoms with Crippen molar-refractivity contribution in [2.24, 2.45) is 5.73 Å². The minimum Gasteiger partial charge on any atom is -0.329 e. The highest BCUT2D eigenvalue weighted by Crippen LogP contribution is 2.03. The molecule has 1 fully saturated rings. The highest BCUT2D eigenvalue weighted by molar-refractivity contribution is 5.75. The van der Waals surface area contributed by atoms with Crippen LogP contribution in [0.25, 0.3) is 0 Å². The standard InChI is InChI=1S/C7H15N3O/c1-6(5-8)10-4-2-3-7(11)9-10/h6H,2-5,8H2,1H3,(H,9,11). The van der Waals surface area contributed by atoms with Gasteiger partial charge >= 0.3 is 0 Å². The van der Waals surface area contributed by atoms with Crippen molar-refractivity contribution in [3.8, 4) is 0 Å². The molecule has 0 aromatic heterocycles. The van der Waals surface area contributed by atoms with Gasteiger partial charge in [0.1, 0.15) is 0 Å². The van der Waals surface area contributed by atoms with Crippen LogP contribution < -0.4 is 11.2 Å². The van der Waals surface area contributed by atoms with Gasteiger partial charge < -0.3 is 5.73 Å². The Labute approximate surface area is 66.7 Å². The summed E-state index contributed by atoms with van der Waals surface area (Å²) in [6, 6.07) is 0.249. The van der Waals surface area contributed by atoms with Gasteiger partial charge in [-0.2, -0.15) is 0 Å². The number of carbonyl (C=O) groups excluding carboxylic acids is 1. The largest absolute Gasteiger partial charge is 0.329 e. The van der Waals surface area contributed by atoms with Crippen molar-refractivity contribution < 1.29 is 4.79 Å². The van der Waals surface area contributed by atoms with Crippen LogP contribution in [0, 0.1) is 0 Å². The molecule has 0 bridgehead atoms. The van der Waals surface area contributed by atoms with E-state index in [0.717, 1.165) is 13.0 Å². The molecule has 1 amide bonds. The van der Waals surface area contributed by atoms with Crippen LogP contribution in [0.1, 0.15) is 19.8 Å². The Morgan fingerprint density at radius 1 is 1.82 bits per heavy atom. The van der Waals surface area contributed by atoms with Gasteiger partial charge in [-0.3, -0.25) is 10.2 Å². The number of nitrogens with one attached hydrogen (secondary N) is 1. The SMILES string of the molecule is CC(CN)N1CCCC(=O)N1. The number of rotatable bonds is 2. The van der Waals surface area contributed by atoms with Gasteiger partial charge in [0, 0.05) is 25.6 Å². The minimum atomic E-state index is 0.108. The van der Waals surface area contributed by atoms with E-state index in [1.807, 2.05) is 11.9 Å². The molecule has 0 aromatic carbocycles. The van der Waals surface area contributed by atoms with Gasteiger partial charge in [-0.1, -0.05) is 0 Å². The fraction of sp³-hybridized carbons (Fsp3) is 0.857. The first kappa shape index (κ1) is 8.49. The monoisotopic (exact) mass is 157 g/mol. The lowest BCUT2D eigenvalue weighted by Crippen LogP contribution is -2.53. The molecule has 1 rings (SSSR count). The molecule has 1 aliphatic heterocycles. The Bertz CT molecular complexity index is 149. The summed E-state index contributed by atoms with van der Waals surface area (Å²) >= 11 is 0. The Hall–Kier alpha value is -0.610. The fourth-order valence-electron chi connectivity index (χ4n) is 1.14. The zero-order valence-corrected chi connectivity index (χ0v) is 6.84. The second-order valence-electron chi connectivity index (χ2n) is 2.92. The summed E-state index contributed by atoms with van der Waals surface area (Å²) in [6.45, 7) is 3.51. The summed E-state index contributed by atoms with van der Waals surface area (Å²) in [7, 11) is 0. The number of nitrogens with two attached hydrogens (primary N) is 1. The third kappa shape index (κ3) is 2.17. The van der Waals surface area contributed by atoms with Crippen LogP contribution in [0.2, 0.25) is 0 Å². The fourth-order valence-corrected chi connectivity index (χ4v) is 1.14. The summed E-state index contributed by atoms with van der Waals surface area (Å²) in [6.07, 6.45) is 1.59. The molecule has 0 saturated carbocycles. The number of amides is 1. The molecule has 3 N–H and O–H groups in total. The van der Waals surface area contributed by atoms with Crippen molar-refractivity contribution in [2.45, 2.75) is 25.8 Å². The molecule has 4 heteroatoms. The second-order valence-corrected chi connectivity index (χ2v) is 2.92. The predicted octanol–water partition coefficient (Wildman–Crippen LogP) is -0.539. The number of hydrazine groups is 1. The molecular weight excluding hydrogens is 142 g/mol. The van der Waals surface area contributed by atoms with Gasteiger partial charge in [0.2, 0.25) is 5.91 Å². The number of nitrogens with zero attached hydrogens (tertiary/aromatic N) is 1. The van der Waals surface area contributed by atoms with Gasteiger partial charge in [-0.05, 0) is 13.3 Å². The molecule has 1 saturated heterocycles. The normalized spacial score (nSPS) is 22.9. The van der Waals surface area contributed by atoms with Crippen LogP contribution in [0.5, 0.6) is 0 Å². The first-order valence-corrected chi connectivity index (χ1v) is 4.00.